The van der Waals surface area contributed by atoms with E-state index in [4.69, 9.17) is 4.74 Å². The zero-order valence-electron chi connectivity index (χ0n) is 23.5. The van der Waals surface area contributed by atoms with Crippen molar-refractivity contribution in [3.63, 3.8) is 0 Å². The van der Waals surface area contributed by atoms with Crippen LogP contribution in [0.4, 0.5) is 9.59 Å². The molecule has 10 heteroatoms. The summed E-state index contributed by atoms with van der Waals surface area (Å²) < 4.78 is 5.58. The number of fused-ring (bicyclic) bond motifs is 1. The maximum Gasteiger partial charge on any atom is 0.410 e. The Kier molecular flexibility index (Phi) is 8.66. The van der Waals surface area contributed by atoms with Crippen LogP contribution in [-0.2, 0) is 40.4 Å². The number of carbonyl (C=O) groups excluding carboxylic acids is 3. The lowest BCUT2D eigenvalue weighted by Crippen LogP contribution is -2.52. The van der Waals surface area contributed by atoms with Crippen molar-refractivity contribution in [1.29, 1.82) is 0 Å². The molecule has 0 aromatic heterocycles. The highest BCUT2D eigenvalue weighted by Gasteiger charge is 2.42. The molecule has 2 aliphatic rings. The number of carbonyl (C=O) groups is 4. The van der Waals surface area contributed by atoms with Crippen molar-refractivity contribution in [3.05, 3.63) is 70.8 Å². The minimum absolute atomic E-state index is 0.0756. The second kappa shape index (κ2) is 12.0. The van der Waals surface area contributed by atoms with E-state index < -0.39 is 35.8 Å². The molecular weight excluding hydrogens is 512 g/mol. The van der Waals surface area contributed by atoms with Gasteiger partial charge in [-0.3, -0.25) is 19.4 Å². The van der Waals surface area contributed by atoms with E-state index in [-0.39, 0.29) is 18.4 Å². The third-order valence-electron chi connectivity index (χ3n) is 7.17. The Morgan fingerprint density at radius 2 is 1.73 bits per heavy atom. The summed E-state index contributed by atoms with van der Waals surface area (Å²) in [5.74, 6) is -0.675. The number of ether oxygens (including phenoxy) is 1. The van der Waals surface area contributed by atoms with Gasteiger partial charge in [0.25, 0.3) is 0 Å². The first-order chi connectivity index (χ1) is 18.9. The van der Waals surface area contributed by atoms with E-state index in [1.165, 1.54) is 9.80 Å². The zero-order valence-corrected chi connectivity index (χ0v) is 23.5. The Hall–Kier alpha value is -4.08. The van der Waals surface area contributed by atoms with Crippen molar-refractivity contribution >= 4 is 24.0 Å². The number of hydrogen-bond acceptors (Lipinski definition) is 5. The highest BCUT2D eigenvalue weighted by Crippen LogP contribution is 2.29. The largest absolute Gasteiger partial charge is 0.465 e. The Morgan fingerprint density at radius 3 is 2.40 bits per heavy atom. The van der Waals surface area contributed by atoms with Crippen LogP contribution in [0.3, 0.4) is 0 Å². The van der Waals surface area contributed by atoms with Crippen LogP contribution in [0.15, 0.2) is 48.5 Å². The van der Waals surface area contributed by atoms with Crippen molar-refractivity contribution in [2.24, 2.45) is 5.92 Å². The van der Waals surface area contributed by atoms with Crippen molar-refractivity contribution in [1.82, 2.24) is 20.4 Å². The maximum absolute atomic E-state index is 13.3. The number of carboxylic acid groups (broad SMARTS) is 1. The first kappa shape index (κ1) is 28.9. The Morgan fingerprint density at radius 1 is 1.02 bits per heavy atom. The van der Waals surface area contributed by atoms with Crippen molar-refractivity contribution in [2.75, 3.05) is 6.54 Å². The van der Waals surface area contributed by atoms with E-state index in [1.54, 1.807) is 27.7 Å². The molecule has 40 heavy (non-hydrogen) atoms. The molecule has 0 bridgehead atoms. The van der Waals surface area contributed by atoms with Crippen LogP contribution in [0.1, 0.15) is 56.4 Å². The van der Waals surface area contributed by atoms with Gasteiger partial charge in [-0.05, 0) is 68.7 Å². The summed E-state index contributed by atoms with van der Waals surface area (Å²) in [7, 11) is 0. The standard InChI is InChI=1S/C30H38N4O6/c1-19(26(35)31-15-21-10-11-23-17-33(28(37)38)18-24(23)13-21)32-27(36)25-14-22(12-20-8-6-5-7-9-20)16-34(25)29(39)40-30(2,3)4/h5-11,13,19,22,25H,12,14-18H2,1-4H3,(H,31,35)(H,32,36)(H,37,38)/t19?,22-,25+/m0/s1. The van der Waals surface area contributed by atoms with E-state index in [2.05, 4.69) is 10.6 Å². The average molecular weight is 551 g/mol. The van der Waals surface area contributed by atoms with Crippen LogP contribution in [0, 0.1) is 5.92 Å². The summed E-state index contributed by atoms with van der Waals surface area (Å²) in [5, 5.41) is 14.8. The molecule has 2 aliphatic heterocycles. The summed E-state index contributed by atoms with van der Waals surface area (Å²) in [6, 6.07) is 14.0. The summed E-state index contributed by atoms with van der Waals surface area (Å²) in [4.78, 5) is 53.2. The molecule has 0 radical (unpaired) electrons. The summed E-state index contributed by atoms with van der Waals surface area (Å²) >= 11 is 0. The number of likely N-dealkylation sites (tertiary alicyclic amines) is 1. The third-order valence-corrected chi connectivity index (χ3v) is 7.17. The van der Waals surface area contributed by atoms with E-state index in [9.17, 15) is 24.3 Å². The van der Waals surface area contributed by atoms with Crippen LogP contribution < -0.4 is 10.6 Å². The van der Waals surface area contributed by atoms with Gasteiger partial charge in [0, 0.05) is 26.2 Å². The Labute approximate surface area is 234 Å². The second-order valence-corrected chi connectivity index (χ2v) is 11.6. The minimum atomic E-state index is -0.963. The van der Waals surface area contributed by atoms with Crippen LogP contribution >= 0.6 is 0 Å². The monoisotopic (exact) mass is 550 g/mol. The van der Waals surface area contributed by atoms with Gasteiger partial charge in [-0.1, -0.05) is 48.5 Å². The van der Waals surface area contributed by atoms with Crippen LogP contribution in [0.5, 0.6) is 0 Å². The van der Waals surface area contributed by atoms with Gasteiger partial charge in [-0.15, -0.1) is 0 Å². The van der Waals surface area contributed by atoms with Crippen molar-refractivity contribution < 1.29 is 29.0 Å². The Balaban J connectivity index is 1.35. The van der Waals surface area contributed by atoms with E-state index >= 15 is 0 Å². The molecule has 10 nitrogen and oxygen atoms in total. The highest BCUT2D eigenvalue weighted by molar-refractivity contribution is 5.91. The Bertz CT molecular complexity index is 1260. The molecule has 214 valence electrons. The molecule has 4 amide bonds. The summed E-state index contributed by atoms with van der Waals surface area (Å²) in [6.45, 7) is 8.27. The van der Waals surface area contributed by atoms with Crippen molar-refractivity contribution in [3.8, 4) is 0 Å². The molecule has 3 N–H and O–H groups in total. The average Bonchev–Trinajstić information content (AvgIpc) is 3.51. The van der Waals surface area contributed by atoms with Gasteiger partial charge in [0.2, 0.25) is 11.8 Å². The molecule has 0 saturated carbocycles. The van der Waals surface area contributed by atoms with Gasteiger partial charge in [-0.25, -0.2) is 9.59 Å². The zero-order chi connectivity index (χ0) is 29.0. The van der Waals surface area contributed by atoms with Crippen molar-refractivity contribution in [2.45, 2.75) is 77.9 Å². The molecule has 2 aromatic carbocycles. The third kappa shape index (κ3) is 7.31. The maximum atomic E-state index is 13.3. The number of rotatable bonds is 7. The van der Waals surface area contributed by atoms with Gasteiger partial charge in [-0.2, -0.15) is 0 Å². The first-order valence-corrected chi connectivity index (χ1v) is 13.6. The number of benzene rings is 2. The molecular formula is C30H38N4O6. The minimum Gasteiger partial charge on any atom is -0.465 e. The normalized spacial score (nSPS) is 19.1. The van der Waals surface area contributed by atoms with Gasteiger partial charge in [0.05, 0.1) is 0 Å². The number of hydrogen-bond donors (Lipinski definition) is 3. The molecule has 3 atom stereocenters. The summed E-state index contributed by atoms with van der Waals surface area (Å²) in [6.07, 6.45) is -0.310. The smallest absolute Gasteiger partial charge is 0.410 e. The van der Waals surface area contributed by atoms with Gasteiger partial charge < -0.3 is 20.5 Å². The van der Waals surface area contributed by atoms with Gasteiger partial charge in [0.1, 0.15) is 17.7 Å². The molecule has 0 spiro atoms. The first-order valence-electron chi connectivity index (χ1n) is 13.6. The molecule has 2 heterocycles. The molecule has 0 aliphatic carbocycles. The molecule has 1 unspecified atom stereocenters. The highest BCUT2D eigenvalue weighted by atomic mass is 16.6. The van der Waals surface area contributed by atoms with Gasteiger partial charge >= 0.3 is 12.2 Å². The van der Waals surface area contributed by atoms with Crippen LogP contribution in [0.2, 0.25) is 0 Å². The summed E-state index contributed by atoms with van der Waals surface area (Å²) in [5.41, 5.74) is 3.15. The van der Waals surface area contributed by atoms with E-state index in [0.29, 0.717) is 26.1 Å². The van der Waals surface area contributed by atoms with Gasteiger partial charge in [0.15, 0.2) is 0 Å². The molecule has 4 rings (SSSR count). The molecule has 1 fully saturated rings. The fraction of sp³-hybridized carbons (Fsp3) is 0.467. The molecule has 2 aromatic rings. The topological polar surface area (TPSA) is 128 Å². The quantitative estimate of drug-likeness (QED) is 0.483. The fourth-order valence-electron chi connectivity index (χ4n) is 5.20. The number of amides is 4. The number of nitrogens with one attached hydrogen (secondary N) is 2. The SMILES string of the molecule is CC(NC(=O)[C@H]1C[C@H](Cc2ccccc2)CN1C(=O)OC(C)(C)C)C(=O)NCc1ccc2c(c1)CN(C(=O)O)C2. The fourth-order valence-corrected chi connectivity index (χ4v) is 5.20. The lowest BCUT2D eigenvalue weighted by Gasteiger charge is -2.28. The lowest BCUT2D eigenvalue weighted by molar-refractivity contribution is -0.131. The van der Waals surface area contributed by atoms with Crippen LogP contribution in [0.25, 0.3) is 0 Å². The van der Waals surface area contributed by atoms with E-state index in [0.717, 1.165) is 28.7 Å². The second-order valence-electron chi connectivity index (χ2n) is 11.6. The number of nitrogens with zero attached hydrogens (tertiary/aromatic N) is 2. The van der Waals surface area contributed by atoms with E-state index in [1.807, 2.05) is 48.5 Å². The predicted octanol–water partition coefficient (Wildman–Crippen LogP) is 3.67. The predicted molar refractivity (Wildman–Crippen MR) is 148 cm³/mol. The lowest BCUT2D eigenvalue weighted by atomic mass is 9.96. The van der Waals surface area contributed by atoms with Crippen LogP contribution in [-0.4, -0.2) is 63.1 Å². The molecule has 1 saturated heterocycles.